The van der Waals surface area contributed by atoms with E-state index in [4.69, 9.17) is 9.72 Å². The molecule has 0 bridgehead atoms. The third-order valence-corrected chi connectivity index (χ3v) is 10.9. The molecule has 5 nitrogen and oxygen atoms in total. The molecule has 6 heteroatoms. The van der Waals surface area contributed by atoms with Gasteiger partial charge in [0.25, 0.3) is 0 Å². The van der Waals surface area contributed by atoms with Gasteiger partial charge in [-0.15, -0.1) is 0 Å². The van der Waals surface area contributed by atoms with Gasteiger partial charge in [-0.25, -0.2) is 4.98 Å². The van der Waals surface area contributed by atoms with E-state index in [1.165, 1.54) is 36.9 Å². The number of nitrogens with zero attached hydrogens (tertiary/aromatic N) is 4. The number of pyridine rings is 1. The summed E-state index contributed by atoms with van der Waals surface area (Å²) in [6.45, 7) is 9.02. The van der Waals surface area contributed by atoms with Gasteiger partial charge in [0.15, 0.2) is 0 Å². The Kier molecular flexibility index (Phi) is 6.95. The second-order valence-electron chi connectivity index (χ2n) is 13.5. The van der Waals surface area contributed by atoms with Gasteiger partial charge in [0, 0.05) is 6.20 Å². The maximum absolute atomic E-state index is 6.60. The molecule has 0 saturated heterocycles. The molecule has 0 saturated carbocycles. The van der Waals surface area contributed by atoms with Gasteiger partial charge in [-0.05, 0) is 29.2 Å². The Bertz CT molecular complexity index is 2350. The second kappa shape index (κ2) is 11.0. The minimum atomic E-state index is 0.00843. The Labute approximate surface area is 280 Å². The van der Waals surface area contributed by atoms with E-state index >= 15 is 0 Å². The van der Waals surface area contributed by atoms with Crippen molar-refractivity contribution < 1.29 is 24.1 Å². The fourth-order valence-electron chi connectivity index (χ4n) is 7.11. The van der Waals surface area contributed by atoms with Crippen molar-refractivity contribution in [3.8, 4) is 17.3 Å². The Morgan fingerprint density at radius 2 is 1.54 bits per heavy atom. The van der Waals surface area contributed by atoms with Crippen LogP contribution in [0.25, 0.3) is 38.7 Å². The predicted octanol–water partition coefficient (Wildman–Crippen LogP) is 9.73. The maximum atomic E-state index is 6.60. The number of fused-ring (bicyclic) bond motifs is 5. The van der Waals surface area contributed by atoms with Crippen LogP contribution in [0.3, 0.4) is 0 Å². The van der Waals surface area contributed by atoms with Crippen molar-refractivity contribution >= 4 is 32.8 Å². The third-order valence-electron chi connectivity index (χ3n) is 9.59. The molecule has 46 heavy (non-hydrogen) atoms. The molecular weight excluding hydrogens is 748 g/mol. The van der Waals surface area contributed by atoms with Crippen LogP contribution < -0.4 is 4.74 Å². The first-order chi connectivity index (χ1) is 22.2. The van der Waals surface area contributed by atoms with Gasteiger partial charge in [-0.2, -0.15) is 0 Å². The summed E-state index contributed by atoms with van der Waals surface area (Å²) in [5, 5.41) is 2.29. The van der Waals surface area contributed by atoms with E-state index in [0.29, 0.717) is 17.4 Å². The van der Waals surface area contributed by atoms with Gasteiger partial charge < -0.3 is 0 Å². The average Bonchev–Trinajstić information content (AvgIpc) is 3.51. The predicted molar refractivity (Wildman–Crippen MR) is 181 cm³/mol. The molecule has 3 heterocycles. The standard InChI is InChI=1S/C40H36N4O.Pt/c1-26-14-19-34(43-25-42(5)36-12-8-9-13-37(36)43)33-23-28(15-17-30(26)33)45-29-16-18-32-31-10-6-7-11-35(31)44(38(32)24-29)39-22-27(20-21-41-39)40(2,3)4;/h6-13,15-18,20-22,26,34H,14,19H2,1-5H3;/q-2;. The zero-order valence-corrected chi connectivity index (χ0v) is 29.0. The van der Waals surface area contributed by atoms with E-state index in [-0.39, 0.29) is 11.5 Å². The molecule has 0 N–H and O–H groups in total. The van der Waals surface area contributed by atoms with Crippen LogP contribution in [0.15, 0.2) is 91.1 Å². The summed E-state index contributed by atoms with van der Waals surface area (Å²) in [6, 6.07) is 37.5. The van der Waals surface area contributed by atoms with Crippen LogP contribution in [-0.4, -0.2) is 18.7 Å². The molecule has 0 amide bonds. The fraction of sp³-hybridized carbons (Fsp3) is 0.250. The molecule has 0 spiro atoms. The van der Waals surface area contributed by atoms with Crippen LogP contribution in [0.2, 0.25) is 0 Å². The summed E-state index contributed by atoms with van der Waals surface area (Å²) in [6.07, 6.45) is 4.10. The molecule has 0 radical (unpaired) electrons. The van der Waals surface area contributed by atoms with Crippen LogP contribution >= 0.6 is 0 Å². The first-order valence-electron chi connectivity index (χ1n) is 16.0. The van der Waals surface area contributed by atoms with E-state index in [0.717, 1.165) is 35.1 Å². The number of benzene rings is 4. The number of imidazole rings is 1. The van der Waals surface area contributed by atoms with Crippen molar-refractivity contribution in [3.63, 3.8) is 0 Å². The number of hydrogen-bond donors (Lipinski definition) is 0. The van der Waals surface area contributed by atoms with Gasteiger partial charge >= 0.3 is 202 Å². The first-order valence-corrected chi connectivity index (χ1v) is 17.1. The fourth-order valence-corrected chi connectivity index (χ4v) is 8.02. The van der Waals surface area contributed by atoms with E-state index in [9.17, 15) is 0 Å². The monoisotopic (exact) mass is 783 g/mol. The zero-order valence-electron chi connectivity index (χ0n) is 26.7. The van der Waals surface area contributed by atoms with Gasteiger partial charge in [0.1, 0.15) is 0 Å². The summed E-state index contributed by atoms with van der Waals surface area (Å²) in [7, 11) is 2.15. The van der Waals surface area contributed by atoms with Crippen molar-refractivity contribution in [3.05, 3.63) is 124 Å². The number of para-hydroxylation sites is 3. The van der Waals surface area contributed by atoms with Crippen molar-refractivity contribution in [2.75, 3.05) is 0 Å². The Morgan fingerprint density at radius 3 is 2.35 bits per heavy atom. The van der Waals surface area contributed by atoms with E-state index in [2.05, 4.69) is 159 Å². The van der Waals surface area contributed by atoms with Gasteiger partial charge in [0.2, 0.25) is 0 Å². The number of rotatable bonds is 4. The average molecular weight is 784 g/mol. The van der Waals surface area contributed by atoms with Crippen molar-refractivity contribution in [1.29, 1.82) is 0 Å². The van der Waals surface area contributed by atoms with Crippen LogP contribution in [0.4, 0.5) is 0 Å². The molecular formula is C40H36N4OPt-2. The molecule has 4 aromatic carbocycles. The molecule has 1 aliphatic carbocycles. The van der Waals surface area contributed by atoms with Crippen LogP contribution in [0.1, 0.15) is 69.2 Å². The first kappa shape index (κ1) is 29.2. The molecule has 0 aliphatic heterocycles. The SMILES string of the molecule is CC1CCC(n2[c](=[Pt])n(C)c3ccccc32)c2[c-]c(Oc3[c-]c4c(cc3)c3ccccc3n4-c3cc(C(C)(C)C)ccn3)ccc21. The third kappa shape index (κ3) is 4.71. The summed E-state index contributed by atoms with van der Waals surface area (Å²) < 4.78 is 14.8. The Morgan fingerprint density at radius 1 is 0.826 bits per heavy atom. The zero-order chi connectivity index (χ0) is 31.7. The summed E-state index contributed by atoms with van der Waals surface area (Å²) in [4.78, 5) is 4.82. The van der Waals surface area contributed by atoms with E-state index < -0.39 is 0 Å². The molecule has 2 unspecified atom stereocenters. The summed E-state index contributed by atoms with van der Waals surface area (Å²) in [5.74, 6) is 2.72. The number of hydrogen-bond acceptors (Lipinski definition) is 2. The summed E-state index contributed by atoms with van der Waals surface area (Å²) in [5.41, 5.74) is 8.35. The molecule has 3 aromatic heterocycles. The molecule has 7 aromatic rings. The van der Waals surface area contributed by atoms with E-state index in [1.807, 2.05) is 12.3 Å². The topological polar surface area (TPSA) is 36.9 Å². The molecule has 1 aliphatic rings. The normalized spacial score (nSPS) is 16.8. The molecule has 234 valence electrons. The summed E-state index contributed by atoms with van der Waals surface area (Å²) >= 11 is 2.47. The molecule has 8 rings (SSSR count). The number of ether oxygens (including phenoxy) is 1. The van der Waals surface area contributed by atoms with E-state index in [1.54, 1.807) is 0 Å². The van der Waals surface area contributed by atoms with Crippen molar-refractivity contribution in [2.24, 2.45) is 7.05 Å². The number of aromatic nitrogens is 4. The minimum absolute atomic E-state index is 0.00843. The Balaban J connectivity index is 1.23. The molecule has 2 atom stereocenters. The quantitative estimate of drug-likeness (QED) is 0.167. The van der Waals surface area contributed by atoms with Gasteiger partial charge in [-0.3, -0.25) is 0 Å². The Hall–Kier alpha value is -4.21. The molecule has 0 fully saturated rings. The van der Waals surface area contributed by atoms with Crippen molar-refractivity contribution in [1.82, 2.24) is 18.7 Å². The van der Waals surface area contributed by atoms with Crippen LogP contribution in [0, 0.1) is 15.9 Å². The number of aryl methyl sites for hydroxylation is 1. The van der Waals surface area contributed by atoms with Gasteiger partial charge in [0.05, 0.1) is 0 Å². The van der Waals surface area contributed by atoms with Gasteiger partial charge in [-0.1, -0.05) is 39.0 Å². The second-order valence-corrected chi connectivity index (χ2v) is 14.6. The van der Waals surface area contributed by atoms with Crippen LogP contribution in [0.5, 0.6) is 11.5 Å². The van der Waals surface area contributed by atoms with Crippen LogP contribution in [-0.2, 0) is 31.8 Å². The van der Waals surface area contributed by atoms with Crippen molar-refractivity contribution in [2.45, 2.75) is 57.9 Å².